The molecule has 0 aliphatic heterocycles. The van der Waals surface area contributed by atoms with Crippen LogP contribution in [0.5, 0.6) is 0 Å². The van der Waals surface area contributed by atoms with E-state index in [1.807, 2.05) is 12.1 Å². The molecule has 0 saturated heterocycles. The molecule has 0 saturated carbocycles. The highest BCUT2D eigenvalue weighted by atomic mass is 19.4. The third kappa shape index (κ3) is 2.60. The minimum Gasteiger partial charge on any atom is -0.341 e. The summed E-state index contributed by atoms with van der Waals surface area (Å²) in [6, 6.07) is 6.77. The molecular weight excluding hydrogens is 231 g/mol. The largest absolute Gasteiger partial charge is 0.471 e. The molecule has 0 fully saturated rings. The van der Waals surface area contributed by atoms with E-state index in [9.17, 15) is 18.0 Å². The number of carbonyl (C=O) groups excluding carboxylic acids is 1. The molecule has 0 bridgehead atoms. The molecular formula is C12H12F3NO. The van der Waals surface area contributed by atoms with Crippen LogP contribution < -0.4 is 5.32 Å². The van der Waals surface area contributed by atoms with Crippen LogP contribution >= 0.6 is 0 Å². The summed E-state index contributed by atoms with van der Waals surface area (Å²) in [5.41, 5.74) is 1.82. The Balaban J connectivity index is 2.17. The summed E-state index contributed by atoms with van der Waals surface area (Å²) in [7, 11) is 0. The lowest BCUT2D eigenvalue weighted by Crippen LogP contribution is -2.40. The van der Waals surface area contributed by atoms with Crippen molar-refractivity contribution >= 4 is 5.91 Å². The average molecular weight is 243 g/mol. The summed E-state index contributed by atoms with van der Waals surface area (Å²) in [5, 5.41) is 2.05. The van der Waals surface area contributed by atoms with Gasteiger partial charge in [-0.3, -0.25) is 4.79 Å². The molecule has 0 spiro atoms. The first-order valence-electron chi connectivity index (χ1n) is 5.44. The van der Waals surface area contributed by atoms with Crippen molar-refractivity contribution in [3.05, 3.63) is 35.4 Å². The molecule has 1 aliphatic rings. The number of alkyl halides is 3. The maximum atomic E-state index is 12.2. The Bertz CT molecular complexity index is 428. The molecule has 1 atom stereocenters. The molecule has 0 aromatic heterocycles. The second-order valence-electron chi connectivity index (χ2n) is 4.11. The molecule has 1 amide bonds. The van der Waals surface area contributed by atoms with Crippen LogP contribution in [-0.2, 0) is 11.2 Å². The summed E-state index contributed by atoms with van der Waals surface area (Å²) in [5.74, 6) is -1.86. The molecule has 1 aromatic carbocycles. The van der Waals surface area contributed by atoms with Gasteiger partial charge in [-0.05, 0) is 30.4 Å². The van der Waals surface area contributed by atoms with Crippen molar-refractivity contribution in [2.75, 3.05) is 0 Å². The molecule has 92 valence electrons. The first-order valence-corrected chi connectivity index (χ1v) is 5.44. The molecule has 1 aromatic rings. The van der Waals surface area contributed by atoms with Gasteiger partial charge in [0.15, 0.2) is 0 Å². The van der Waals surface area contributed by atoms with Crippen LogP contribution in [0.2, 0.25) is 0 Å². The lowest BCUT2D eigenvalue weighted by Gasteiger charge is -2.26. The number of benzene rings is 1. The zero-order valence-corrected chi connectivity index (χ0v) is 9.05. The predicted molar refractivity (Wildman–Crippen MR) is 56.3 cm³/mol. The van der Waals surface area contributed by atoms with E-state index in [1.165, 1.54) is 0 Å². The van der Waals surface area contributed by atoms with E-state index in [1.54, 1.807) is 12.1 Å². The summed E-state index contributed by atoms with van der Waals surface area (Å²) < 4.78 is 36.5. The molecule has 5 heteroatoms. The van der Waals surface area contributed by atoms with Crippen molar-refractivity contribution < 1.29 is 18.0 Å². The van der Waals surface area contributed by atoms with Gasteiger partial charge in [0, 0.05) is 0 Å². The monoisotopic (exact) mass is 243 g/mol. The van der Waals surface area contributed by atoms with Crippen LogP contribution in [0.1, 0.15) is 30.0 Å². The fourth-order valence-electron chi connectivity index (χ4n) is 2.14. The molecule has 2 nitrogen and oxygen atoms in total. The number of carbonyl (C=O) groups is 1. The van der Waals surface area contributed by atoms with Crippen molar-refractivity contribution in [2.45, 2.75) is 31.5 Å². The highest BCUT2D eigenvalue weighted by molar-refractivity contribution is 5.82. The van der Waals surface area contributed by atoms with Gasteiger partial charge < -0.3 is 5.32 Å². The van der Waals surface area contributed by atoms with E-state index < -0.39 is 18.1 Å². The number of fused-ring (bicyclic) bond motifs is 1. The molecule has 0 heterocycles. The normalized spacial score (nSPS) is 19.6. The van der Waals surface area contributed by atoms with Gasteiger partial charge in [0.1, 0.15) is 0 Å². The maximum Gasteiger partial charge on any atom is 0.471 e. The van der Waals surface area contributed by atoms with Crippen LogP contribution in [0.4, 0.5) is 13.2 Å². The maximum absolute atomic E-state index is 12.2. The van der Waals surface area contributed by atoms with Crippen LogP contribution in [0.3, 0.4) is 0 Å². The number of rotatable bonds is 1. The van der Waals surface area contributed by atoms with Crippen molar-refractivity contribution in [2.24, 2.45) is 0 Å². The first kappa shape index (κ1) is 12.0. The Morgan fingerprint density at radius 3 is 2.71 bits per heavy atom. The van der Waals surface area contributed by atoms with Gasteiger partial charge in [-0.1, -0.05) is 24.3 Å². The lowest BCUT2D eigenvalue weighted by molar-refractivity contribution is -0.174. The van der Waals surface area contributed by atoms with Gasteiger partial charge >= 0.3 is 12.1 Å². The molecule has 0 unspecified atom stereocenters. The fraction of sp³-hybridized carbons (Fsp3) is 0.417. The van der Waals surface area contributed by atoms with E-state index >= 15 is 0 Å². The number of aryl methyl sites for hydroxylation is 1. The zero-order chi connectivity index (χ0) is 12.5. The number of halogens is 3. The van der Waals surface area contributed by atoms with Gasteiger partial charge in [-0.15, -0.1) is 0 Å². The van der Waals surface area contributed by atoms with Gasteiger partial charge in [-0.2, -0.15) is 13.2 Å². The second-order valence-corrected chi connectivity index (χ2v) is 4.11. The molecule has 1 N–H and O–H groups in total. The van der Waals surface area contributed by atoms with Gasteiger partial charge in [0.25, 0.3) is 0 Å². The second kappa shape index (κ2) is 4.39. The Hall–Kier alpha value is -1.52. The summed E-state index contributed by atoms with van der Waals surface area (Å²) in [4.78, 5) is 10.9. The highest BCUT2D eigenvalue weighted by Crippen LogP contribution is 2.30. The number of hydrogen-bond donors (Lipinski definition) is 1. The Kier molecular flexibility index (Phi) is 3.09. The minimum absolute atomic E-state index is 0.519. The van der Waals surface area contributed by atoms with Crippen molar-refractivity contribution in [1.29, 1.82) is 0 Å². The fourth-order valence-corrected chi connectivity index (χ4v) is 2.14. The number of nitrogens with one attached hydrogen (secondary N) is 1. The van der Waals surface area contributed by atoms with Crippen molar-refractivity contribution in [3.8, 4) is 0 Å². The Morgan fingerprint density at radius 2 is 2.00 bits per heavy atom. The third-order valence-corrected chi connectivity index (χ3v) is 2.93. The number of amides is 1. The van der Waals surface area contributed by atoms with Crippen molar-refractivity contribution in [1.82, 2.24) is 5.32 Å². The molecule has 1 aliphatic carbocycles. The van der Waals surface area contributed by atoms with Crippen LogP contribution in [0.15, 0.2) is 24.3 Å². The van der Waals surface area contributed by atoms with E-state index in [0.29, 0.717) is 6.42 Å². The van der Waals surface area contributed by atoms with Gasteiger partial charge in [0.05, 0.1) is 6.04 Å². The van der Waals surface area contributed by atoms with Crippen LogP contribution in [0.25, 0.3) is 0 Å². The predicted octanol–water partition coefficient (Wildman–Crippen LogP) is 2.74. The average Bonchev–Trinajstić information content (AvgIpc) is 2.28. The molecule has 0 radical (unpaired) electrons. The van der Waals surface area contributed by atoms with Crippen LogP contribution in [-0.4, -0.2) is 12.1 Å². The third-order valence-electron chi connectivity index (χ3n) is 2.93. The molecule has 17 heavy (non-hydrogen) atoms. The van der Waals surface area contributed by atoms with E-state index in [0.717, 1.165) is 24.0 Å². The van der Waals surface area contributed by atoms with E-state index in [-0.39, 0.29) is 0 Å². The van der Waals surface area contributed by atoms with Gasteiger partial charge in [-0.25, -0.2) is 0 Å². The summed E-state index contributed by atoms with van der Waals surface area (Å²) in [6.07, 6.45) is -2.61. The molecule has 2 rings (SSSR count). The number of hydrogen-bond acceptors (Lipinski definition) is 1. The lowest BCUT2D eigenvalue weighted by atomic mass is 9.88. The SMILES string of the molecule is O=C(N[C@@H]1CCCc2ccccc21)C(F)(F)F. The van der Waals surface area contributed by atoms with Gasteiger partial charge in [0.2, 0.25) is 0 Å². The summed E-state index contributed by atoms with van der Waals surface area (Å²) in [6.45, 7) is 0. The van der Waals surface area contributed by atoms with E-state index in [4.69, 9.17) is 0 Å². The summed E-state index contributed by atoms with van der Waals surface area (Å²) >= 11 is 0. The zero-order valence-electron chi connectivity index (χ0n) is 9.05. The van der Waals surface area contributed by atoms with Crippen LogP contribution in [0, 0.1) is 0 Å². The highest BCUT2D eigenvalue weighted by Gasteiger charge is 2.40. The first-order chi connectivity index (χ1) is 7.98. The Labute approximate surface area is 96.8 Å². The van der Waals surface area contributed by atoms with E-state index in [2.05, 4.69) is 5.32 Å². The Morgan fingerprint density at radius 1 is 1.29 bits per heavy atom. The smallest absolute Gasteiger partial charge is 0.341 e. The standard InChI is InChI=1S/C12H12F3NO/c13-12(14,15)11(17)16-10-7-3-5-8-4-1-2-6-9(8)10/h1-2,4,6,10H,3,5,7H2,(H,16,17)/t10-/m1/s1. The van der Waals surface area contributed by atoms with Crippen molar-refractivity contribution in [3.63, 3.8) is 0 Å². The minimum atomic E-state index is -4.81. The quantitative estimate of drug-likeness (QED) is 0.807. The topological polar surface area (TPSA) is 29.1 Å².